The Balaban J connectivity index is 1.59. The van der Waals surface area contributed by atoms with Crippen LogP contribution < -0.4 is 10.0 Å². The Hall–Kier alpha value is -2.41. The predicted octanol–water partition coefficient (Wildman–Crippen LogP) is 4.64. The Bertz CT molecular complexity index is 1230. The van der Waals surface area contributed by atoms with Gasteiger partial charge >= 0.3 is 6.18 Å². The van der Waals surface area contributed by atoms with Gasteiger partial charge in [-0.05, 0) is 42.3 Å². The van der Waals surface area contributed by atoms with E-state index < -0.39 is 32.2 Å². The van der Waals surface area contributed by atoms with Crippen LogP contribution in [-0.4, -0.2) is 31.1 Å². The number of amides is 1. The van der Waals surface area contributed by atoms with E-state index in [0.29, 0.717) is 11.4 Å². The molecule has 1 aromatic heterocycles. The summed E-state index contributed by atoms with van der Waals surface area (Å²) in [4.78, 5) is 12.0. The van der Waals surface area contributed by atoms with E-state index in [1.165, 1.54) is 36.4 Å². The van der Waals surface area contributed by atoms with Crippen molar-refractivity contribution in [3.05, 3.63) is 68.6 Å². The van der Waals surface area contributed by atoms with Crippen LogP contribution in [0.4, 0.5) is 18.3 Å². The van der Waals surface area contributed by atoms with Gasteiger partial charge in [0.1, 0.15) is 0 Å². The van der Waals surface area contributed by atoms with E-state index >= 15 is 0 Å². The fourth-order valence-electron chi connectivity index (χ4n) is 2.48. The maximum absolute atomic E-state index is 12.6. The summed E-state index contributed by atoms with van der Waals surface area (Å²) >= 11 is 11.9. The fraction of sp³-hybridized carbons (Fsp3) is 0.167. The van der Waals surface area contributed by atoms with Crippen molar-refractivity contribution in [1.29, 1.82) is 0 Å². The molecule has 2 aromatic carbocycles. The average molecular weight is 525 g/mol. The van der Waals surface area contributed by atoms with Gasteiger partial charge in [-0.1, -0.05) is 46.7 Å². The number of nitrogens with zero attached hydrogens (tertiary/aromatic N) is 2. The highest BCUT2D eigenvalue weighted by atomic mass is 35.5. The second kappa shape index (κ2) is 9.61. The molecule has 0 unspecified atom stereocenters. The summed E-state index contributed by atoms with van der Waals surface area (Å²) in [7, 11) is -4.15. The monoisotopic (exact) mass is 524 g/mol. The highest BCUT2D eigenvalue weighted by Crippen LogP contribution is 2.33. The van der Waals surface area contributed by atoms with Crippen LogP contribution in [0.1, 0.15) is 20.9 Å². The first-order chi connectivity index (χ1) is 15.0. The molecule has 7 nitrogen and oxygen atoms in total. The minimum atomic E-state index is -4.71. The lowest BCUT2D eigenvalue weighted by molar-refractivity contribution is -0.138. The third-order valence-corrected chi connectivity index (χ3v) is 6.93. The Morgan fingerprint density at radius 2 is 1.75 bits per heavy atom. The van der Waals surface area contributed by atoms with E-state index in [1.807, 2.05) is 4.72 Å². The van der Waals surface area contributed by atoms with Crippen molar-refractivity contribution in [2.24, 2.45) is 0 Å². The molecule has 0 saturated heterocycles. The Labute approximate surface area is 194 Å². The molecule has 0 aliphatic rings. The quantitative estimate of drug-likeness (QED) is 0.468. The number of benzene rings is 2. The fourth-order valence-corrected chi connectivity index (χ4v) is 4.69. The van der Waals surface area contributed by atoms with Crippen LogP contribution in [0.25, 0.3) is 0 Å². The predicted molar refractivity (Wildman–Crippen MR) is 115 cm³/mol. The summed E-state index contributed by atoms with van der Waals surface area (Å²) in [6.07, 6.45) is -4.32. The second-order valence-corrected chi connectivity index (χ2v) is 9.79. The van der Waals surface area contributed by atoms with E-state index in [2.05, 4.69) is 15.5 Å². The number of carbonyl (C=O) groups is 1. The van der Waals surface area contributed by atoms with Crippen LogP contribution in [0, 0.1) is 0 Å². The lowest BCUT2D eigenvalue weighted by atomic mass is 10.1. The third-order valence-electron chi connectivity index (χ3n) is 4.00. The zero-order chi connectivity index (χ0) is 23.5. The summed E-state index contributed by atoms with van der Waals surface area (Å²) in [5.74, 6) is -0.406. The first-order valence-corrected chi connectivity index (χ1v) is 11.8. The van der Waals surface area contributed by atoms with Crippen molar-refractivity contribution in [3.63, 3.8) is 0 Å². The third kappa shape index (κ3) is 6.09. The van der Waals surface area contributed by atoms with Crippen LogP contribution in [-0.2, 0) is 22.6 Å². The maximum atomic E-state index is 12.6. The zero-order valence-electron chi connectivity index (χ0n) is 15.8. The van der Waals surface area contributed by atoms with Crippen molar-refractivity contribution in [2.45, 2.75) is 17.5 Å². The molecule has 0 spiro atoms. The molecule has 0 saturated carbocycles. The molecule has 3 rings (SSSR count). The standard InChI is InChI=1S/C18H13Cl2F3N4O3S2/c19-11-3-6-14(20)13(9-11)15(28)24-8-7-10-1-4-12(5-2-10)32(29,30)27-17-26-25-16(31-17)18(21,22)23/h1-6,9H,7-8H2,(H,24,28)(H,26,27). The van der Waals surface area contributed by atoms with Gasteiger partial charge in [-0.2, -0.15) is 13.2 Å². The number of carbonyl (C=O) groups excluding carboxylic acids is 1. The number of anilines is 1. The highest BCUT2D eigenvalue weighted by molar-refractivity contribution is 7.93. The Kier molecular flexibility index (Phi) is 7.28. The topological polar surface area (TPSA) is 101 Å². The van der Waals surface area contributed by atoms with Crippen molar-refractivity contribution in [3.8, 4) is 0 Å². The minimum absolute atomic E-state index is 0.0829. The molecule has 1 amide bonds. The normalized spacial score (nSPS) is 11.9. The van der Waals surface area contributed by atoms with Crippen molar-refractivity contribution >= 4 is 55.6 Å². The molecular formula is C18H13Cl2F3N4O3S2. The first kappa shape index (κ1) is 24.2. The largest absolute Gasteiger partial charge is 0.445 e. The van der Waals surface area contributed by atoms with E-state index in [0.717, 1.165) is 5.56 Å². The molecule has 1 heterocycles. The van der Waals surface area contributed by atoms with Gasteiger partial charge in [-0.15, -0.1) is 10.2 Å². The molecule has 170 valence electrons. The molecular weight excluding hydrogens is 512 g/mol. The highest BCUT2D eigenvalue weighted by Gasteiger charge is 2.36. The summed E-state index contributed by atoms with van der Waals surface area (Å²) in [5, 5.41) is 7.69. The minimum Gasteiger partial charge on any atom is -0.352 e. The van der Waals surface area contributed by atoms with Gasteiger partial charge in [0.2, 0.25) is 10.1 Å². The maximum Gasteiger partial charge on any atom is 0.445 e. The SMILES string of the molecule is O=C(NCCc1ccc(S(=O)(=O)Nc2nnc(C(F)(F)F)s2)cc1)c1cc(Cl)ccc1Cl. The molecule has 32 heavy (non-hydrogen) atoms. The molecule has 0 aliphatic carbocycles. The number of hydrogen-bond acceptors (Lipinski definition) is 6. The van der Waals surface area contributed by atoms with Gasteiger partial charge in [0.25, 0.3) is 15.9 Å². The summed E-state index contributed by atoms with van der Waals surface area (Å²) in [6.45, 7) is 0.247. The number of halogens is 5. The molecule has 0 bridgehead atoms. The smallest absolute Gasteiger partial charge is 0.352 e. The van der Waals surface area contributed by atoms with E-state index in [1.54, 1.807) is 6.07 Å². The van der Waals surface area contributed by atoms with Gasteiger partial charge < -0.3 is 5.32 Å². The van der Waals surface area contributed by atoms with Crippen LogP contribution in [0.15, 0.2) is 47.4 Å². The van der Waals surface area contributed by atoms with Crippen molar-refractivity contribution in [2.75, 3.05) is 11.3 Å². The number of hydrogen-bond donors (Lipinski definition) is 2. The molecule has 0 fully saturated rings. The number of sulfonamides is 1. The Morgan fingerprint density at radius 3 is 2.38 bits per heavy atom. The molecule has 0 aliphatic heterocycles. The molecule has 14 heteroatoms. The lowest BCUT2D eigenvalue weighted by Gasteiger charge is -2.08. The molecule has 2 N–H and O–H groups in total. The van der Waals surface area contributed by atoms with Crippen LogP contribution in [0.3, 0.4) is 0 Å². The average Bonchev–Trinajstić information content (AvgIpc) is 3.18. The van der Waals surface area contributed by atoms with Crippen molar-refractivity contribution in [1.82, 2.24) is 15.5 Å². The van der Waals surface area contributed by atoms with Gasteiger partial charge in [-0.25, -0.2) is 8.42 Å². The molecule has 0 atom stereocenters. The van der Waals surface area contributed by atoms with E-state index in [-0.39, 0.29) is 33.4 Å². The molecule has 0 radical (unpaired) electrons. The summed E-state index contributed by atoms with van der Waals surface area (Å²) < 4.78 is 64.4. The second-order valence-electron chi connectivity index (χ2n) is 6.29. The number of aromatic nitrogens is 2. The number of nitrogens with one attached hydrogen (secondary N) is 2. The van der Waals surface area contributed by atoms with Gasteiger partial charge in [-0.3, -0.25) is 9.52 Å². The van der Waals surface area contributed by atoms with Crippen LogP contribution >= 0.6 is 34.5 Å². The lowest BCUT2D eigenvalue weighted by Crippen LogP contribution is -2.26. The Morgan fingerprint density at radius 1 is 1.06 bits per heavy atom. The van der Waals surface area contributed by atoms with E-state index in [9.17, 15) is 26.4 Å². The van der Waals surface area contributed by atoms with Gasteiger partial charge in [0, 0.05) is 11.6 Å². The number of alkyl halides is 3. The van der Waals surface area contributed by atoms with Crippen molar-refractivity contribution < 1.29 is 26.4 Å². The van der Waals surface area contributed by atoms with Gasteiger partial charge in [0.15, 0.2) is 0 Å². The van der Waals surface area contributed by atoms with Gasteiger partial charge in [0.05, 0.1) is 15.5 Å². The summed E-state index contributed by atoms with van der Waals surface area (Å²) in [6, 6.07) is 10.1. The summed E-state index contributed by atoms with van der Waals surface area (Å²) in [5.41, 5.74) is 0.953. The van der Waals surface area contributed by atoms with Crippen LogP contribution in [0.5, 0.6) is 0 Å². The van der Waals surface area contributed by atoms with E-state index in [4.69, 9.17) is 23.2 Å². The number of rotatable bonds is 7. The molecule has 3 aromatic rings. The first-order valence-electron chi connectivity index (χ1n) is 8.71. The zero-order valence-corrected chi connectivity index (χ0v) is 18.9. The van der Waals surface area contributed by atoms with Crippen LogP contribution in [0.2, 0.25) is 10.0 Å².